The SMILES string of the molecule is CN(C)C(=O)O[C@H]1C=C[C@@]23CCN(Cc4ccccc4)Cc4ccc(O)c(c42)O[C@H]3C1. The second kappa shape index (κ2) is 7.61. The van der Waals surface area contributed by atoms with Crippen molar-refractivity contribution in [1.82, 2.24) is 9.80 Å². The number of phenols is 1. The Balaban J connectivity index is 1.47. The molecule has 2 aromatic rings. The Hall–Kier alpha value is -2.99. The third-order valence-corrected chi connectivity index (χ3v) is 6.68. The third-order valence-electron chi connectivity index (χ3n) is 6.68. The van der Waals surface area contributed by atoms with E-state index in [0.717, 1.165) is 31.6 Å². The van der Waals surface area contributed by atoms with Gasteiger partial charge >= 0.3 is 6.09 Å². The van der Waals surface area contributed by atoms with Gasteiger partial charge in [0.25, 0.3) is 0 Å². The molecule has 5 rings (SSSR count). The summed E-state index contributed by atoms with van der Waals surface area (Å²) in [5.74, 6) is 0.771. The maximum absolute atomic E-state index is 12.0. The number of carbonyl (C=O) groups excluding carboxylic acids is 1. The maximum Gasteiger partial charge on any atom is 0.409 e. The zero-order chi connectivity index (χ0) is 21.6. The van der Waals surface area contributed by atoms with Gasteiger partial charge in [0.15, 0.2) is 11.5 Å². The van der Waals surface area contributed by atoms with Crippen LogP contribution < -0.4 is 4.74 Å². The average Bonchev–Trinajstić information content (AvgIpc) is 3.02. The second-order valence-corrected chi connectivity index (χ2v) is 8.95. The second-order valence-electron chi connectivity index (χ2n) is 8.95. The zero-order valence-electron chi connectivity index (χ0n) is 18.0. The van der Waals surface area contributed by atoms with Gasteiger partial charge < -0.3 is 19.5 Å². The van der Waals surface area contributed by atoms with Gasteiger partial charge in [-0.1, -0.05) is 42.5 Å². The molecule has 3 aliphatic rings. The average molecular weight is 421 g/mol. The highest BCUT2D eigenvalue weighted by Gasteiger charge is 2.53. The number of hydrogen-bond donors (Lipinski definition) is 1. The van der Waals surface area contributed by atoms with Crippen LogP contribution in [0.2, 0.25) is 0 Å². The number of benzene rings is 2. The summed E-state index contributed by atoms with van der Waals surface area (Å²) in [7, 11) is 3.35. The Morgan fingerprint density at radius 3 is 2.84 bits per heavy atom. The lowest BCUT2D eigenvalue weighted by Gasteiger charge is -2.37. The molecular formula is C25H28N2O4. The number of amides is 1. The minimum Gasteiger partial charge on any atom is -0.504 e. The number of carbonyl (C=O) groups is 1. The Kier molecular flexibility index (Phi) is 4.89. The maximum atomic E-state index is 12.0. The topological polar surface area (TPSA) is 62.2 Å². The van der Waals surface area contributed by atoms with Crippen molar-refractivity contribution in [3.63, 3.8) is 0 Å². The van der Waals surface area contributed by atoms with Crippen LogP contribution >= 0.6 is 0 Å². The van der Waals surface area contributed by atoms with Gasteiger partial charge in [0, 0.05) is 45.7 Å². The molecule has 0 saturated heterocycles. The van der Waals surface area contributed by atoms with Crippen LogP contribution in [0.15, 0.2) is 54.6 Å². The molecule has 162 valence electrons. The van der Waals surface area contributed by atoms with Gasteiger partial charge in [-0.2, -0.15) is 0 Å². The van der Waals surface area contributed by atoms with Crippen molar-refractivity contribution in [2.75, 3.05) is 20.6 Å². The lowest BCUT2D eigenvalue weighted by atomic mass is 9.69. The molecule has 3 atom stereocenters. The van der Waals surface area contributed by atoms with E-state index in [0.29, 0.717) is 12.2 Å². The van der Waals surface area contributed by atoms with Crippen molar-refractivity contribution >= 4 is 6.09 Å². The molecule has 0 unspecified atom stereocenters. The van der Waals surface area contributed by atoms with Crippen LogP contribution in [-0.4, -0.2) is 53.8 Å². The first kappa shape index (κ1) is 19.9. The van der Waals surface area contributed by atoms with Gasteiger partial charge in [-0.25, -0.2) is 4.79 Å². The van der Waals surface area contributed by atoms with Crippen molar-refractivity contribution in [3.05, 3.63) is 71.3 Å². The summed E-state index contributed by atoms with van der Waals surface area (Å²) in [6.07, 6.45) is 4.75. The first-order chi connectivity index (χ1) is 15.0. The predicted molar refractivity (Wildman–Crippen MR) is 117 cm³/mol. The molecular weight excluding hydrogens is 392 g/mol. The number of aromatic hydroxyl groups is 1. The summed E-state index contributed by atoms with van der Waals surface area (Å²) < 4.78 is 11.9. The number of ether oxygens (including phenoxy) is 2. The molecule has 0 saturated carbocycles. The fourth-order valence-electron chi connectivity index (χ4n) is 5.13. The molecule has 0 bridgehead atoms. The predicted octanol–water partition coefficient (Wildman–Crippen LogP) is 3.82. The molecule has 0 radical (unpaired) electrons. The van der Waals surface area contributed by atoms with Crippen molar-refractivity contribution in [2.24, 2.45) is 0 Å². The van der Waals surface area contributed by atoms with Crippen LogP contribution in [0, 0.1) is 0 Å². The first-order valence-electron chi connectivity index (χ1n) is 10.8. The van der Waals surface area contributed by atoms with Gasteiger partial charge in [0.1, 0.15) is 12.2 Å². The number of hydrogen-bond acceptors (Lipinski definition) is 5. The van der Waals surface area contributed by atoms with Crippen molar-refractivity contribution in [2.45, 2.75) is 43.6 Å². The Labute approximate surface area is 182 Å². The van der Waals surface area contributed by atoms with E-state index in [4.69, 9.17) is 9.47 Å². The molecule has 1 spiro atoms. The fourth-order valence-corrected chi connectivity index (χ4v) is 5.13. The van der Waals surface area contributed by atoms with E-state index in [9.17, 15) is 9.90 Å². The molecule has 6 heteroatoms. The van der Waals surface area contributed by atoms with E-state index in [1.54, 1.807) is 20.2 Å². The van der Waals surface area contributed by atoms with Gasteiger partial charge in [-0.15, -0.1) is 0 Å². The van der Waals surface area contributed by atoms with Gasteiger partial charge in [-0.3, -0.25) is 4.90 Å². The number of rotatable bonds is 3. The quantitative estimate of drug-likeness (QED) is 0.765. The Morgan fingerprint density at radius 1 is 1.26 bits per heavy atom. The molecule has 1 amide bonds. The Morgan fingerprint density at radius 2 is 2.06 bits per heavy atom. The highest BCUT2D eigenvalue weighted by atomic mass is 16.6. The van der Waals surface area contributed by atoms with Gasteiger partial charge in [0.2, 0.25) is 0 Å². The van der Waals surface area contributed by atoms with Gasteiger partial charge in [-0.05, 0) is 29.7 Å². The van der Waals surface area contributed by atoms with E-state index in [1.807, 2.05) is 18.2 Å². The van der Waals surface area contributed by atoms with Gasteiger partial charge in [0.05, 0.1) is 5.41 Å². The monoisotopic (exact) mass is 420 g/mol. The third kappa shape index (κ3) is 3.45. The minimum atomic E-state index is -0.362. The van der Waals surface area contributed by atoms with Crippen molar-refractivity contribution in [3.8, 4) is 11.5 Å². The van der Waals surface area contributed by atoms with Crippen LogP contribution in [0.4, 0.5) is 4.79 Å². The van der Waals surface area contributed by atoms with E-state index < -0.39 is 0 Å². The van der Waals surface area contributed by atoms with E-state index in [-0.39, 0.29) is 29.5 Å². The summed E-state index contributed by atoms with van der Waals surface area (Å²) in [5, 5.41) is 10.6. The summed E-state index contributed by atoms with van der Waals surface area (Å²) in [5.41, 5.74) is 3.27. The standard InChI is InChI=1S/C25H28N2O4/c1-26(2)24(29)30-19-10-11-25-12-13-27(15-17-6-4-3-5-7-17)16-18-8-9-20(28)23(22(18)25)31-21(25)14-19/h3-11,19,21,28H,12-16H2,1-2H3/t19-,21-,25-/m0/s1. The molecule has 1 aliphatic carbocycles. The molecule has 2 aromatic carbocycles. The zero-order valence-corrected chi connectivity index (χ0v) is 18.0. The fraction of sp³-hybridized carbons (Fsp3) is 0.400. The molecule has 0 fully saturated rings. The van der Waals surface area contributed by atoms with Crippen molar-refractivity contribution in [1.29, 1.82) is 0 Å². The van der Waals surface area contributed by atoms with E-state index in [2.05, 4.69) is 35.2 Å². The molecule has 0 aromatic heterocycles. The number of nitrogens with zero attached hydrogens (tertiary/aromatic N) is 2. The highest BCUT2D eigenvalue weighted by molar-refractivity contribution is 5.67. The minimum absolute atomic E-state index is 0.170. The lowest BCUT2D eigenvalue weighted by molar-refractivity contribution is 0.0478. The van der Waals surface area contributed by atoms with Crippen molar-refractivity contribution < 1.29 is 19.4 Å². The lowest BCUT2D eigenvalue weighted by Crippen LogP contribution is -2.44. The van der Waals surface area contributed by atoms with E-state index in [1.165, 1.54) is 16.0 Å². The van der Waals surface area contributed by atoms with Crippen LogP contribution in [0.25, 0.3) is 0 Å². The van der Waals surface area contributed by atoms with Crippen LogP contribution in [0.1, 0.15) is 29.5 Å². The van der Waals surface area contributed by atoms with Crippen LogP contribution in [0.5, 0.6) is 11.5 Å². The summed E-state index contributed by atoms with van der Waals surface area (Å²) >= 11 is 0. The molecule has 2 heterocycles. The summed E-state index contributed by atoms with van der Waals surface area (Å²) in [6, 6.07) is 14.3. The van der Waals surface area contributed by atoms with Crippen LogP contribution in [-0.2, 0) is 23.2 Å². The van der Waals surface area contributed by atoms with Crippen LogP contribution in [0.3, 0.4) is 0 Å². The van der Waals surface area contributed by atoms with E-state index >= 15 is 0 Å². The smallest absolute Gasteiger partial charge is 0.409 e. The normalized spacial score (nSPS) is 26.4. The molecule has 1 N–H and O–H groups in total. The first-order valence-corrected chi connectivity index (χ1v) is 10.8. The summed E-state index contributed by atoms with van der Waals surface area (Å²) in [4.78, 5) is 15.9. The Bertz CT molecular complexity index is 1020. The summed E-state index contributed by atoms with van der Waals surface area (Å²) in [6.45, 7) is 2.60. The highest BCUT2D eigenvalue weighted by Crippen LogP contribution is 2.55. The largest absolute Gasteiger partial charge is 0.504 e. The molecule has 31 heavy (non-hydrogen) atoms. The molecule has 6 nitrogen and oxygen atoms in total. The number of phenolic OH excluding ortho intramolecular Hbond substituents is 1. The molecule has 2 aliphatic heterocycles.